The van der Waals surface area contributed by atoms with E-state index in [4.69, 9.17) is 14.2 Å². The van der Waals surface area contributed by atoms with Crippen molar-refractivity contribution in [2.75, 3.05) is 32.2 Å². The molecule has 1 fully saturated rings. The van der Waals surface area contributed by atoms with Gasteiger partial charge < -0.3 is 19.2 Å². The van der Waals surface area contributed by atoms with Crippen molar-refractivity contribution < 1.29 is 27.4 Å². The molecule has 0 bridgehead atoms. The number of aromatic nitrogens is 3. The predicted molar refractivity (Wildman–Crippen MR) is 114 cm³/mol. The fraction of sp³-hybridized carbons (Fsp3) is 0.429. The summed E-state index contributed by atoms with van der Waals surface area (Å²) in [5.74, 6) is 0.652. The average Bonchev–Trinajstić information content (AvgIpc) is 3.25. The third kappa shape index (κ3) is 5.64. The Morgan fingerprint density at radius 2 is 1.94 bits per heavy atom. The van der Waals surface area contributed by atoms with Gasteiger partial charge in [-0.05, 0) is 43.2 Å². The number of alkyl halides is 3. The molecule has 1 aliphatic heterocycles. The molecule has 2 aromatic heterocycles. The number of rotatable bonds is 8. The van der Waals surface area contributed by atoms with Crippen LogP contribution in [0.5, 0.6) is 5.75 Å². The van der Waals surface area contributed by atoms with Crippen LogP contribution in [0.4, 0.5) is 13.2 Å². The van der Waals surface area contributed by atoms with Crippen molar-refractivity contribution in [2.45, 2.75) is 30.3 Å². The number of benzene rings is 1. The molecule has 1 saturated heterocycles. The van der Waals surface area contributed by atoms with Gasteiger partial charge in [-0.25, -0.2) is 4.98 Å². The van der Waals surface area contributed by atoms with Crippen molar-refractivity contribution in [2.24, 2.45) is 0 Å². The standard InChI is InChI=1S/C21H22F3N3O4S/c22-21(23,24)13-31-15-3-1-14(2-4-15)27-19(28)18-17(5-8-25-18)26-20(27)32-12-11-30-16-6-9-29-10-7-16/h1-5,8,16,25H,6-7,9-13H2. The largest absolute Gasteiger partial charge is 0.484 e. The second-order valence-electron chi connectivity index (χ2n) is 7.20. The van der Waals surface area contributed by atoms with Crippen molar-refractivity contribution in [3.63, 3.8) is 0 Å². The van der Waals surface area contributed by atoms with Gasteiger partial charge in [0, 0.05) is 25.2 Å². The first kappa shape index (κ1) is 22.7. The third-order valence-electron chi connectivity index (χ3n) is 4.88. The van der Waals surface area contributed by atoms with Crippen molar-refractivity contribution in [3.8, 4) is 11.4 Å². The first-order chi connectivity index (χ1) is 15.4. The zero-order valence-electron chi connectivity index (χ0n) is 17.1. The number of hydrogen-bond donors (Lipinski definition) is 1. The lowest BCUT2D eigenvalue weighted by molar-refractivity contribution is -0.153. The average molecular weight is 469 g/mol. The minimum atomic E-state index is -4.42. The molecule has 0 spiro atoms. The Kier molecular flexibility index (Phi) is 7.07. The minimum Gasteiger partial charge on any atom is -0.484 e. The Morgan fingerprint density at radius 3 is 2.66 bits per heavy atom. The molecule has 11 heteroatoms. The van der Waals surface area contributed by atoms with E-state index in [1.807, 2.05) is 0 Å². The molecule has 0 radical (unpaired) electrons. The van der Waals surface area contributed by atoms with Gasteiger partial charge in [-0.2, -0.15) is 13.2 Å². The van der Waals surface area contributed by atoms with Gasteiger partial charge in [-0.3, -0.25) is 9.36 Å². The zero-order valence-corrected chi connectivity index (χ0v) is 17.9. The zero-order chi connectivity index (χ0) is 22.6. The molecule has 4 rings (SSSR count). The predicted octanol–water partition coefficient (Wildman–Crippen LogP) is 3.94. The van der Waals surface area contributed by atoms with Crippen LogP contribution in [0.25, 0.3) is 16.7 Å². The quantitative estimate of drug-likeness (QED) is 0.306. The van der Waals surface area contributed by atoms with Crippen LogP contribution in [0.15, 0.2) is 46.5 Å². The highest BCUT2D eigenvalue weighted by Crippen LogP contribution is 2.24. The van der Waals surface area contributed by atoms with Gasteiger partial charge in [0.25, 0.3) is 5.56 Å². The summed E-state index contributed by atoms with van der Waals surface area (Å²) in [6.07, 6.45) is -0.873. The second kappa shape index (κ2) is 9.97. The van der Waals surface area contributed by atoms with E-state index in [9.17, 15) is 18.0 Å². The van der Waals surface area contributed by atoms with Crippen LogP contribution in [0, 0.1) is 0 Å². The first-order valence-electron chi connectivity index (χ1n) is 10.1. The molecule has 0 amide bonds. The number of H-pyrrole nitrogens is 1. The summed E-state index contributed by atoms with van der Waals surface area (Å²) in [7, 11) is 0. The molecule has 7 nitrogen and oxygen atoms in total. The van der Waals surface area contributed by atoms with E-state index >= 15 is 0 Å². The van der Waals surface area contributed by atoms with Gasteiger partial charge in [0.2, 0.25) is 0 Å². The summed E-state index contributed by atoms with van der Waals surface area (Å²) < 4.78 is 54.5. The lowest BCUT2D eigenvalue weighted by atomic mass is 10.2. The lowest BCUT2D eigenvalue weighted by Gasteiger charge is -2.22. The number of ether oxygens (including phenoxy) is 3. The summed E-state index contributed by atoms with van der Waals surface area (Å²) in [5, 5.41) is 0.474. The summed E-state index contributed by atoms with van der Waals surface area (Å²) in [4.78, 5) is 20.6. The second-order valence-corrected chi connectivity index (χ2v) is 8.26. The van der Waals surface area contributed by atoms with Crippen LogP contribution in [0.3, 0.4) is 0 Å². The van der Waals surface area contributed by atoms with Gasteiger partial charge in [0.05, 0.1) is 23.9 Å². The molecule has 172 valence electrons. The Morgan fingerprint density at radius 1 is 1.19 bits per heavy atom. The normalized spacial score (nSPS) is 15.3. The molecule has 0 saturated carbocycles. The first-order valence-corrected chi connectivity index (χ1v) is 11.1. The topological polar surface area (TPSA) is 78.4 Å². The van der Waals surface area contributed by atoms with Crippen LogP contribution < -0.4 is 10.3 Å². The Hall–Kier alpha value is -2.50. The number of fused-ring (bicyclic) bond motifs is 1. The van der Waals surface area contributed by atoms with Crippen molar-refractivity contribution in [1.82, 2.24) is 14.5 Å². The maximum Gasteiger partial charge on any atom is 0.422 e. The molecule has 3 heterocycles. The molecular weight excluding hydrogens is 447 g/mol. The van der Waals surface area contributed by atoms with E-state index < -0.39 is 12.8 Å². The summed E-state index contributed by atoms with van der Waals surface area (Å²) >= 11 is 1.38. The van der Waals surface area contributed by atoms with E-state index in [1.54, 1.807) is 12.3 Å². The number of halogens is 3. The fourth-order valence-electron chi connectivity index (χ4n) is 3.35. The van der Waals surface area contributed by atoms with Crippen LogP contribution in [-0.2, 0) is 9.47 Å². The van der Waals surface area contributed by atoms with Gasteiger partial charge in [0.15, 0.2) is 11.8 Å². The molecule has 1 aromatic carbocycles. The molecule has 3 aromatic rings. The summed E-state index contributed by atoms with van der Waals surface area (Å²) in [5.41, 5.74) is 1.08. The third-order valence-corrected chi connectivity index (χ3v) is 5.79. The fourth-order valence-corrected chi connectivity index (χ4v) is 4.19. The molecule has 32 heavy (non-hydrogen) atoms. The van der Waals surface area contributed by atoms with E-state index in [0.717, 1.165) is 12.8 Å². The van der Waals surface area contributed by atoms with Crippen LogP contribution in [0.2, 0.25) is 0 Å². The van der Waals surface area contributed by atoms with E-state index in [-0.39, 0.29) is 17.4 Å². The molecule has 0 unspecified atom stereocenters. The number of thioether (sulfide) groups is 1. The molecule has 0 atom stereocenters. The summed E-state index contributed by atoms with van der Waals surface area (Å²) in [6, 6.07) is 7.58. The molecule has 1 aliphatic rings. The summed E-state index contributed by atoms with van der Waals surface area (Å²) in [6.45, 7) is 0.522. The van der Waals surface area contributed by atoms with Gasteiger partial charge in [0.1, 0.15) is 11.3 Å². The highest BCUT2D eigenvalue weighted by atomic mass is 32.2. The number of nitrogens with zero attached hydrogens (tertiary/aromatic N) is 2. The maximum atomic E-state index is 13.1. The lowest BCUT2D eigenvalue weighted by Crippen LogP contribution is -2.24. The number of nitrogens with one attached hydrogen (secondary N) is 1. The van der Waals surface area contributed by atoms with E-state index in [2.05, 4.69) is 9.97 Å². The van der Waals surface area contributed by atoms with Gasteiger partial charge >= 0.3 is 6.18 Å². The Balaban J connectivity index is 1.51. The van der Waals surface area contributed by atoms with Crippen molar-refractivity contribution in [3.05, 3.63) is 46.9 Å². The number of hydrogen-bond acceptors (Lipinski definition) is 6. The van der Waals surface area contributed by atoms with Gasteiger partial charge in [-0.15, -0.1) is 0 Å². The van der Waals surface area contributed by atoms with Crippen molar-refractivity contribution in [1.29, 1.82) is 0 Å². The molecule has 0 aliphatic carbocycles. The Labute approximate surface area is 185 Å². The van der Waals surface area contributed by atoms with E-state index in [0.29, 0.717) is 47.5 Å². The van der Waals surface area contributed by atoms with Crippen LogP contribution in [-0.4, -0.2) is 59.0 Å². The van der Waals surface area contributed by atoms with Crippen molar-refractivity contribution >= 4 is 22.8 Å². The van der Waals surface area contributed by atoms with Gasteiger partial charge in [-0.1, -0.05) is 11.8 Å². The molecular formula is C21H22F3N3O4S. The molecule has 1 N–H and O–H groups in total. The highest BCUT2D eigenvalue weighted by molar-refractivity contribution is 7.99. The highest BCUT2D eigenvalue weighted by Gasteiger charge is 2.28. The smallest absolute Gasteiger partial charge is 0.422 e. The SMILES string of the molecule is O=c1c2[nH]ccc2nc(SCCOC2CCOCC2)n1-c1ccc(OCC(F)(F)F)cc1. The monoisotopic (exact) mass is 469 g/mol. The number of aromatic amines is 1. The maximum absolute atomic E-state index is 13.1. The van der Waals surface area contributed by atoms with Crippen LogP contribution >= 0.6 is 11.8 Å². The van der Waals surface area contributed by atoms with Crippen LogP contribution in [0.1, 0.15) is 12.8 Å². The Bertz CT molecular complexity index is 1090. The van der Waals surface area contributed by atoms with E-state index in [1.165, 1.54) is 40.6 Å². The minimum absolute atomic E-state index is 0.0621.